The van der Waals surface area contributed by atoms with Crippen LogP contribution in [0.25, 0.3) is 10.9 Å². The molecule has 1 aliphatic carbocycles. The molecule has 15 heavy (non-hydrogen) atoms. The number of H-pyrrole nitrogens is 1. The van der Waals surface area contributed by atoms with Gasteiger partial charge in [0.1, 0.15) is 0 Å². The van der Waals surface area contributed by atoms with Gasteiger partial charge in [0.2, 0.25) is 0 Å². The Balaban J connectivity index is 2.22. The van der Waals surface area contributed by atoms with E-state index >= 15 is 0 Å². The lowest BCUT2D eigenvalue weighted by atomic mass is 10.1. The number of hydrogen-bond acceptors (Lipinski definition) is 1. The number of nitrogens with one attached hydrogen (secondary N) is 1. The summed E-state index contributed by atoms with van der Waals surface area (Å²) < 4.78 is 0. The van der Waals surface area contributed by atoms with Gasteiger partial charge in [0.05, 0.1) is 0 Å². The number of benzene rings is 1. The summed E-state index contributed by atoms with van der Waals surface area (Å²) in [5.41, 5.74) is 11.5. The van der Waals surface area contributed by atoms with E-state index in [4.69, 9.17) is 5.73 Å². The van der Waals surface area contributed by atoms with Crippen LogP contribution in [0.15, 0.2) is 18.2 Å². The second-order valence-electron chi connectivity index (χ2n) is 4.48. The van der Waals surface area contributed by atoms with E-state index in [0.29, 0.717) is 6.04 Å². The molecule has 2 heteroatoms. The standard InChI is InChI=1S/C13H16N2/c1-2-8-3-4-12-10(5-8)11-6-9(14)7-13(11)15-12/h3-5,9,15H,2,6-7,14H2,1H3. The molecule has 1 aromatic carbocycles. The average molecular weight is 200 g/mol. The van der Waals surface area contributed by atoms with Gasteiger partial charge in [0.25, 0.3) is 0 Å². The number of aromatic nitrogens is 1. The lowest BCUT2D eigenvalue weighted by Crippen LogP contribution is -2.19. The van der Waals surface area contributed by atoms with Crippen LogP contribution < -0.4 is 5.73 Å². The predicted molar refractivity (Wildman–Crippen MR) is 63.1 cm³/mol. The highest BCUT2D eigenvalue weighted by Crippen LogP contribution is 2.30. The summed E-state index contributed by atoms with van der Waals surface area (Å²) in [6.45, 7) is 2.19. The van der Waals surface area contributed by atoms with Crippen LogP contribution in [0.2, 0.25) is 0 Å². The molecular formula is C13H16N2. The van der Waals surface area contributed by atoms with Gasteiger partial charge in [-0.1, -0.05) is 13.0 Å². The fourth-order valence-corrected chi connectivity index (χ4v) is 2.57. The summed E-state index contributed by atoms with van der Waals surface area (Å²) in [6.07, 6.45) is 3.13. The first kappa shape index (κ1) is 8.98. The van der Waals surface area contributed by atoms with Crippen molar-refractivity contribution in [2.75, 3.05) is 0 Å². The first-order chi connectivity index (χ1) is 7.28. The highest BCUT2D eigenvalue weighted by atomic mass is 14.8. The zero-order valence-electron chi connectivity index (χ0n) is 9.01. The van der Waals surface area contributed by atoms with Crippen molar-refractivity contribution in [2.45, 2.75) is 32.2 Å². The molecule has 0 aliphatic heterocycles. The van der Waals surface area contributed by atoms with Crippen molar-refractivity contribution in [3.05, 3.63) is 35.0 Å². The van der Waals surface area contributed by atoms with E-state index in [0.717, 1.165) is 19.3 Å². The Morgan fingerprint density at radius 1 is 1.40 bits per heavy atom. The van der Waals surface area contributed by atoms with Gasteiger partial charge in [0, 0.05) is 29.1 Å². The van der Waals surface area contributed by atoms with E-state index < -0.39 is 0 Å². The van der Waals surface area contributed by atoms with E-state index in [1.165, 1.54) is 27.7 Å². The van der Waals surface area contributed by atoms with Gasteiger partial charge in [-0.25, -0.2) is 0 Å². The van der Waals surface area contributed by atoms with Gasteiger partial charge >= 0.3 is 0 Å². The van der Waals surface area contributed by atoms with Crippen molar-refractivity contribution in [1.82, 2.24) is 4.98 Å². The topological polar surface area (TPSA) is 41.8 Å². The molecule has 1 atom stereocenters. The molecule has 1 aromatic heterocycles. The third-order valence-corrected chi connectivity index (χ3v) is 3.40. The maximum atomic E-state index is 5.97. The largest absolute Gasteiger partial charge is 0.358 e. The number of aryl methyl sites for hydroxylation is 1. The number of nitrogens with two attached hydrogens (primary N) is 1. The van der Waals surface area contributed by atoms with Gasteiger partial charge in [-0.3, -0.25) is 0 Å². The number of hydrogen-bond donors (Lipinski definition) is 2. The SMILES string of the molecule is CCc1ccc2[nH]c3c(c2c1)CC(N)C3. The maximum Gasteiger partial charge on any atom is 0.0459 e. The Morgan fingerprint density at radius 2 is 2.27 bits per heavy atom. The van der Waals surface area contributed by atoms with E-state index in [2.05, 4.69) is 30.1 Å². The molecule has 1 heterocycles. The Kier molecular flexibility index (Phi) is 1.86. The van der Waals surface area contributed by atoms with Crippen LogP contribution in [0.4, 0.5) is 0 Å². The molecule has 2 nitrogen and oxygen atoms in total. The lowest BCUT2D eigenvalue weighted by molar-refractivity contribution is 0.716. The fourth-order valence-electron chi connectivity index (χ4n) is 2.57. The van der Waals surface area contributed by atoms with Crippen LogP contribution in [0.3, 0.4) is 0 Å². The minimum absolute atomic E-state index is 0.320. The zero-order valence-corrected chi connectivity index (χ0v) is 9.01. The van der Waals surface area contributed by atoms with Crippen LogP contribution in [0, 0.1) is 0 Å². The van der Waals surface area contributed by atoms with Crippen LogP contribution in [-0.4, -0.2) is 11.0 Å². The van der Waals surface area contributed by atoms with E-state index in [1.54, 1.807) is 0 Å². The monoisotopic (exact) mass is 200 g/mol. The highest BCUT2D eigenvalue weighted by Gasteiger charge is 2.22. The van der Waals surface area contributed by atoms with Gasteiger partial charge in [-0.2, -0.15) is 0 Å². The highest BCUT2D eigenvalue weighted by molar-refractivity contribution is 5.86. The molecule has 0 fully saturated rings. The molecule has 3 N–H and O–H groups in total. The molecule has 3 rings (SSSR count). The van der Waals surface area contributed by atoms with Crippen molar-refractivity contribution in [3.63, 3.8) is 0 Å². The maximum absolute atomic E-state index is 5.97. The predicted octanol–water partition coefficient (Wildman–Crippen LogP) is 2.16. The van der Waals surface area contributed by atoms with Gasteiger partial charge in [0.15, 0.2) is 0 Å². The van der Waals surface area contributed by atoms with E-state index in [9.17, 15) is 0 Å². The summed E-state index contributed by atoms with van der Waals surface area (Å²) in [7, 11) is 0. The van der Waals surface area contributed by atoms with Gasteiger partial charge in [-0.05, 0) is 36.1 Å². The molecule has 78 valence electrons. The third-order valence-electron chi connectivity index (χ3n) is 3.40. The summed E-state index contributed by atoms with van der Waals surface area (Å²) >= 11 is 0. The molecular weight excluding hydrogens is 184 g/mol. The van der Waals surface area contributed by atoms with Crippen LogP contribution in [0.5, 0.6) is 0 Å². The summed E-state index contributed by atoms with van der Waals surface area (Å²) in [5.74, 6) is 0. The molecule has 0 amide bonds. The van der Waals surface area contributed by atoms with Crippen molar-refractivity contribution < 1.29 is 0 Å². The second-order valence-corrected chi connectivity index (χ2v) is 4.48. The number of fused-ring (bicyclic) bond motifs is 3. The Morgan fingerprint density at radius 3 is 3.07 bits per heavy atom. The van der Waals surface area contributed by atoms with Gasteiger partial charge in [-0.15, -0.1) is 0 Å². The van der Waals surface area contributed by atoms with Crippen LogP contribution in [-0.2, 0) is 19.3 Å². The summed E-state index contributed by atoms with van der Waals surface area (Å²) in [6, 6.07) is 7.02. The van der Waals surface area contributed by atoms with E-state index in [-0.39, 0.29) is 0 Å². The van der Waals surface area contributed by atoms with Crippen LogP contribution >= 0.6 is 0 Å². The minimum atomic E-state index is 0.320. The minimum Gasteiger partial charge on any atom is -0.358 e. The van der Waals surface area contributed by atoms with Gasteiger partial charge < -0.3 is 10.7 Å². The summed E-state index contributed by atoms with van der Waals surface area (Å²) in [4.78, 5) is 3.48. The quantitative estimate of drug-likeness (QED) is 0.727. The van der Waals surface area contributed by atoms with Crippen molar-refractivity contribution >= 4 is 10.9 Å². The normalized spacial score (nSPS) is 19.7. The molecule has 1 unspecified atom stereocenters. The van der Waals surface area contributed by atoms with E-state index in [1.807, 2.05) is 0 Å². The number of rotatable bonds is 1. The molecule has 0 saturated carbocycles. The number of aromatic amines is 1. The average Bonchev–Trinajstić information content (AvgIpc) is 2.73. The zero-order chi connectivity index (χ0) is 10.4. The Labute approximate surface area is 89.5 Å². The second kappa shape index (κ2) is 3.11. The Bertz CT molecular complexity index is 510. The first-order valence-electron chi connectivity index (χ1n) is 5.66. The molecule has 0 spiro atoms. The van der Waals surface area contributed by atoms with Crippen molar-refractivity contribution in [1.29, 1.82) is 0 Å². The smallest absolute Gasteiger partial charge is 0.0459 e. The first-order valence-corrected chi connectivity index (χ1v) is 5.66. The molecule has 0 radical (unpaired) electrons. The van der Waals surface area contributed by atoms with Crippen molar-refractivity contribution in [3.8, 4) is 0 Å². The lowest BCUT2D eigenvalue weighted by Gasteiger charge is -2.01. The molecule has 0 bridgehead atoms. The third kappa shape index (κ3) is 1.29. The van der Waals surface area contributed by atoms with Crippen LogP contribution in [0.1, 0.15) is 23.7 Å². The molecule has 0 saturated heterocycles. The fraction of sp³-hybridized carbons (Fsp3) is 0.385. The Hall–Kier alpha value is -1.28. The van der Waals surface area contributed by atoms with Crippen molar-refractivity contribution in [2.24, 2.45) is 5.73 Å². The molecule has 2 aromatic rings. The summed E-state index contributed by atoms with van der Waals surface area (Å²) in [5, 5.41) is 1.39. The molecule has 1 aliphatic rings.